The summed E-state index contributed by atoms with van der Waals surface area (Å²) in [4.78, 5) is 13.0. The Hall–Kier alpha value is -1.31. The number of hydrogen-bond acceptors (Lipinski definition) is 1. The Labute approximate surface area is 79.2 Å². The molecule has 0 fully saturated rings. The van der Waals surface area contributed by atoms with E-state index < -0.39 is 0 Å². The quantitative estimate of drug-likeness (QED) is 0.632. The van der Waals surface area contributed by atoms with Crippen molar-refractivity contribution in [1.82, 2.24) is 4.90 Å². The highest BCUT2D eigenvalue weighted by molar-refractivity contribution is 5.77. The summed E-state index contributed by atoms with van der Waals surface area (Å²) in [5.41, 5.74) is 2.03. The molecule has 0 spiro atoms. The molecule has 0 aromatic heterocycles. The summed E-state index contributed by atoms with van der Waals surface area (Å²) in [5.74, 6) is 0.438. The van der Waals surface area contributed by atoms with E-state index in [0.717, 1.165) is 17.8 Å². The van der Waals surface area contributed by atoms with Crippen LogP contribution in [0.4, 0.5) is 0 Å². The highest BCUT2D eigenvalue weighted by atomic mass is 16.2. The third kappa shape index (κ3) is 1.57. The maximum atomic E-state index is 11.2. The molecule has 0 saturated heterocycles. The molecule has 1 rings (SSSR count). The summed E-state index contributed by atoms with van der Waals surface area (Å²) < 4.78 is 0. The molecule has 0 aliphatic carbocycles. The van der Waals surface area contributed by atoms with Crippen molar-refractivity contribution in [3.8, 4) is 0 Å². The summed E-state index contributed by atoms with van der Waals surface area (Å²) in [6.07, 6.45) is 3.53. The zero-order valence-corrected chi connectivity index (χ0v) is 8.21. The van der Waals surface area contributed by atoms with Gasteiger partial charge in [-0.2, -0.15) is 0 Å². The molecule has 1 aliphatic rings. The molecule has 1 aliphatic heterocycles. The molecule has 0 aromatic rings. The van der Waals surface area contributed by atoms with Crippen LogP contribution in [0.1, 0.15) is 13.8 Å². The molecule has 0 N–H and O–H groups in total. The molecule has 2 nitrogen and oxygen atoms in total. The predicted octanol–water partition coefficient (Wildman–Crippen LogP) is 2.11. The van der Waals surface area contributed by atoms with Crippen LogP contribution < -0.4 is 0 Å². The van der Waals surface area contributed by atoms with Gasteiger partial charge < -0.3 is 4.90 Å². The standard InChI is InChI=1S/C11H15NO/c1-5-10-8(3)7-12(9(4)13)11(10)6-2/h5-6,8H,1-2,7H2,3-4H3. The van der Waals surface area contributed by atoms with E-state index in [1.165, 1.54) is 0 Å². The van der Waals surface area contributed by atoms with Gasteiger partial charge in [-0.05, 0) is 11.6 Å². The summed E-state index contributed by atoms with van der Waals surface area (Å²) in [6.45, 7) is 11.9. The van der Waals surface area contributed by atoms with Gasteiger partial charge in [0.1, 0.15) is 0 Å². The van der Waals surface area contributed by atoms with Gasteiger partial charge in [-0.25, -0.2) is 0 Å². The average Bonchev–Trinajstić information content (AvgIpc) is 2.41. The van der Waals surface area contributed by atoms with Gasteiger partial charge >= 0.3 is 0 Å². The Bertz CT molecular complexity index is 288. The lowest BCUT2D eigenvalue weighted by Gasteiger charge is -2.15. The molecule has 13 heavy (non-hydrogen) atoms. The molecule has 0 radical (unpaired) electrons. The lowest BCUT2D eigenvalue weighted by molar-refractivity contribution is -0.126. The molecule has 0 aromatic carbocycles. The third-order valence-corrected chi connectivity index (χ3v) is 2.37. The van der Waals surface area contributed by atoms with Crippen molar-refractivity contribution in [2.75, 3.05) is 6.54 Å². The van der Waals surface area contributed by atoms with E-state index in [9.17, 15) is 4.79 Å². The number of nitrogens with zero attached hydrogens (tertiary/aromatic N) is 1. The highest BCUT2D eigenvalue weighted by Crippen LogP contribution is 2.29. The highest BCUT2D eigenvalue weighted by Gasteiger charge is 2.27. The SMILES string of the molecule is C=CC1=C(C=C)N(C(C)=O)CC1C. The normalized spacial score (nSPS) is 22.0. The van der Waals surface area contributed by atoms with Crippen molar-refractivity contribution in [1.29, 1.82) is 0 Å². The molecule has 1 heterocycles. The minimum atomic E-state index is 0.0681. The van der Waals surface area contributed by atoms with E-state index in [1.54, 1.807) is 17.9 Å². The van der Waals surface area contributed by atoms with E-state index >= 15 is 0 Å². The van der Waals surface area contributed by atoms with Crippen molar-refractivity contribution in [2.45, 2.75) is 13.8 Å². The van der Waals surface area contributed by atoms with Crippen LogP contribution in [0.3, 0.4) is 0 Å². The summed E-state index contributed by atoms with van der Waals surface area (Å²) in [7, 11) is 0. The van der Waals surface area contributed by atoms with E-state index in [0.29, 0.717) is 5.92 Å². The number of allylic oxidation sites excluding steroid dienone is 2. The number of carbonyl (C=O) groups excluding carboxylic acids is 1. The Balaban J connectivity index is 3.09. The first-order valence-electron chi connectivity index (χ1n) is 4.39. The third-order valence-electron chi connectivity index (χ3n) is 2.37. The van der Waals surface area contributed by atoms with Crippen LogP contribution in [0.5, 0.6) is 0 Å². The van der Waals surface area contributed by atoms with Gasteiger partial charge in [0.15, 0.2) is 0 Å². The second kappa shape index (κ2) is 3.60. The van der Waals surface area contributed by atoms with Gasteiger partial charge in [-0.3, -0.25) is 4.79 Å². The van der Waals surface area contributed by atoms with Gasteiger partial charge in [-0.1, -0.05) is 26.2 Å². The molecule has 1 unspecified atom stereocenters. The van der Waals surface area contributed by atoms with Gasteiger partial charge in [0.2, 0.25) is 5.91 Å². The Kier molecular flexibility index (Phi) is 2.71. The zero-order chi connectivity index (χ0) is 10.0. The molecule has 1 amide bonds. The van der Waals surface area contributed by atoms with Crippen LogP contribution in [0.15, 0.2) is 36.6 Å². The Morgan fingerprint density at radius 3 is 2.54 bits per heavy atom. The number of carbonyl (C=O) groups is 1. The maximum absolute atomic E-state index is 11.2. The first-order chi connectivity index (χ1) is 6.11. The Morgan fingerprint density at radius 2 is 2.15 bits per heavy atom. The molecular weight excluding hydrogens is 162 g/mol. The van der Waals surface area contributed by atoms with Crippen molar-refractivity contribution in [3.63, 3.8) is 0 Å². The fourth-order valence-corrected chi connectivity index (χ4v) is 1.71. The Morgan fingerprint density at radius 1 is 1.54 bits per heavy atom. The minimum absolute atomic E-state index is 0.0681. The van der Waals surface area contributed by atoms with Crippen molar-refractivity contribution < 1.29 is 4.79 Å². The lowest BCUT2D eigenvalue weighted by Crippen LogP contribution is -2.25. The predicted molar refractivity (Wildman–Crippen MR) is 54.0 cm³/mol. The summed E-state index contributed by atoms with van der Waals surface area (Å²) in [5, 5.41) is 0. The molecule has 0 bridgehead atoms. The fourth-order valence-electron chi connectivity index (χ4n) is 1.71. The molecular formula is C11H15NO. The molecule has 2 heteroatoms. The number of rotatable bonds is 2. The molecule has 70 valence electrons. The van der Waals surface area contributed by atoms with Crippen LogP contribution in [-0.2, 0) is 4.79 Å². The van der Waals surface area contributed by atoms with Crippen molar-refractivity contribution in [3.05, 3.63) is 36.6 Å². The smallest absolute Gasteiger partial charge is 0.223 e. The van der Waals surface area contributed by atoms with Crippen LogP contribution in [-0.4, -0.2) is 17.4 Å². The van der Waals surface area contributed by atoms with Gasteiger partial charge in [-0.15, -0.1) is 0 Å². The van der Waals surface area contributed by atoms with E-state index in [2.05, 4.69) is 20.1 Å². The second-order valence-electron chi connectivity index (χ2n) is 3.28. The average molecular weight is 177 g/mol. The summed E-state index contributed by atoms with van der Waals surface area (Å²) in [6, 6.07) is 0. The van der Waals surface area contributed by atoms with Crippen LogP contribution in [0, 0.1) is 5.92 Å². The van der Waals surface area contributed by atoms with Crippen molar-refractivity contribution >= 4 is 5.91 Å². The zero-order valence-electron chi connectivity index (χ0n) is 8.21. The lowest BCUT2D eigenvalue weighted by atomic mass is 10.0. The van der Waals surface area contributed by atoms with E-state index in [4.69, 9.17) is 0 Å². The number of hydrogen-bond donors (Lipinski definition) is 0. The molecule has 0 saturated carbocycles. The van der Waals surface area contributed by atoms with Crippen LogP contribution >= 0.6 is 0 Å². The topological polar surface area (TPSA) is 20.3 Å². The van der Waals surface area contributed by atoms with Crippen molar-refractivity contribution in [2.24, 2.45) is 5.92 Å². The van der Waals surface area contributed by atoms with Gasteiger partial charge in [0, 0.05) is 25.1 Å². The first kappa shape index (κ1) is 9.78. The van der Waals surface area contributed by atoms with Gasteiger partial charge in [0.25, 0.3) is 0 Å². The van der Waals surface area contributed by atoms with E-state index in [-0.39, 0.29) is 5.91 Å². The molecule has 1 atom stereocenters. The monoisotopic (exact) mass is 177 g/mol. The maximum Gasteiger partial charge on any atom is 0.223 e. The summed E-state index contributed by atoms with van der Waals surface area (Å²) >= 11 is 0. The van der Waals surface area contributed by atoms with E-state index in [1.807, 2.05) is 6.08 Å². The minimum Gasteiger partial charge on any atom is -0.312 e. The first-order valence-corrected chi connectivity index (χ1v) is 4.39. The fraction of sp³-hybridized carbons (Fsp3) is 0.364. The van der Waals surface area contributed by atoms with Gasteiger partial charge in [0.05, 0.1) is 0 Å². The second-order valence-corrected chi connectivity index (χ2v) is 3.28. The van der Waals surface area contributed by atoms with Crippen LogP contribution in [0.2, 0.25) is 0 Å². The number of amides is 1. The van der Waals surface area contributed by atoms with Crippen LogP contribution in [0.25, 0.3) is 0 Å². The largest absolute Gasteiger partial charge is 0.312 e.